The lowest BCUT2D eigenvalue weighted by atomic mass is 10.1. The zero-order valence-electron chi connectivity index (χ0n) is 9.39. The summed E-state index contributed by atoms with van der Waals surface area (Å²) in [5.41, 5.74) is 2.93. The SMILES string of the molecule is O=Cc1ccc(-c2cnc3n2CCNC3)cc1. The van der Waals surface area contributed by atoms with Crippen LogP contribution in [0.5, 0.6) is 0 Å². The van der Waals surface area contributed by atoms with Crippen molar-refractivity contribution in [2.24, 2.45) is 0 Å². The van der Waals surface area contributed by atoms with Gasteiger partial charge in [-0.3, -0.25) is 4.79 Å². The van der Waals surface area contributed by atoms with Crippen molar-refractivity contribution in [3.05, 3.63) is 41.9 Å². The van der Waals surface area contributed by atoms with Crippen LogP contribution in [-0.2, 0) is 13.1 Å². The van der Waals surface area contributed by atoms with Gasteiger partial charge in [-0.1, -0.05) is 24.3 Å². The highest BCUT2D eigenvalue weighted by molar-refractivity contribution is 5.76. The summed E-state index contributed by atoms with van der Waals surface area (Å²) in [4.78, 5) is 15.0. The minimum atomic E-state index is 0.703. The first-order valence-electron chi connectivity index (χ1n) is 5.69. The smallest absolute Gasteiger partial charge is 0.150 e. The van der Waals surface area contributed by atoms with E-state index in [9.17, 15) is 4.79 Å². The van der Waals surface area contributed by atoms with E-state index >= 15 is 0 Å². The predicted octanol–water partition coefficient (Wildman–Crippen LogP) is 1.47. The number of carbonyl (C=O) groups is 1. The van der Waals surface area contributed by atoms with Crippen LogP contribution in [0, 0.1) is 0 Å². The van der Waals surface area contributed by atoms with Crippen LogP contribution in [0.4, 0.5) is 0 Å². The van der Waals surface area contributed by atoms with Gasteiger partial charge in [0.25, 0.3) is 0 Å². The van der Waals surface area contributed by atoms with E-state index in [0.29, 0.717) is 5.56 Å². The lowest BCUT2D eigenvalue weighted by Crippen LogP contribution is -2.28. The highest BCUT2D eigenvalue weighted by Crippen LogP contribution is 2.22. The highest BCUT2D eigenvalue weighted by Gasteiger charge is 2.14. The van der Waals surface area contributed by atoms with Crippen molar-refractivity contribution < 1.29 is 4.79 Å². The molecule has 2 aromatic rings. The zero-order chi connectivity index (χ0) is 11.7. The van der Waals surface area contributed by atoms with Crippen LogP contribution in [0.3, 0.4) is 0 Å². The van der Waals surface area contributed by atoms with Gasteiger partial charge < -0.3 is 9.88 Å². The molecule has 0 bridgehead atoms. The summed E-state index contributed by atoms with van der Waals surface area (Å²) in [6, 6.07) is 7.61. The molecule has 1 aromatic heterocycles. The van der Waals surface area contributed by atoms with E-state index in [2.05, 4.69) is 14.9 Å². The second-order valence-corrected chi connectivity index (χ2v) is 4.13. The van der Waals surface area contributed by atoms with Crippen molar-refractivity contribution >= 4 is 6.29 Å². The number of fused-ring (bicyclic) bond motifs is 1. The van der Waals surface area contributed by atoms with Crippen molar-refractivity contribution in [2.75, 3.05) is 6.54 Å². The van der Waals surface area contributed by atoms with E-state index in [4.69, 9.17) is 0 Å². The normalized spacial score (nSPS) is 14.4. The van der Waals surface area contributed by atoms with Crippen molar-refractivity contribution in [1.29, 1.82) is 0 Å². The molecular formula is C13H13N3O. The first kappa shape index (κ1) is 10.2. The molecule has 2 heterocycles. The molecule has 86 valence electrons. The maximum atomic E-state index is 10.6. The molecule has 1 aromatic carbocycles. The van der Waals surface area contributed by atoms with Gasteiger partial charge in [0.05, 0.1) is 18.4 Å². The quantitative estimate of drug-likeness (QED) is 0.790. The molecule has 1 aliphatic rings. The summed E-state index contributed by atoms with van der Waals surface area (Å²) >= 11 is 0. The first-order valence-corrected chi connectivity index (χ1v) is 5.69. The van der Waals surface area contributed by atoms with Crippen LogP contribution in [0.1, 0.15) is 16.2 Å². The Balaban J connectivity index is 2.02. The second-order valence-electron chi connectivity index (χ2n) is 4.13. The number of carbonyl (C=O) groups excluding carboxylic acids is 1. The summed E-state index contributed by atoms with van der Waals surface area (Å²) in [6.07, 6.45) is 2.76. The third-order valence-electron chi connectivity index (χ3n) is 3.08. The van der Waals surface area contributed by atoms with E-state index in [1.54, 1.807) is 0 Å². The third kappa shape index (κ3) is 1.76. The Labute approximate surface area is 99.3 Å². The molecule has 17 heavy (non-hydrogen) atoms. The molecule has 0 fully saturated rings. The molecule has 3 rings (SSSR count). The number of aldehydes is 1. The van der Waals surface area contributed by atoms with Gasteiger partial charge in [0.15, 0.2) is 0 Å². The number of aromatic nitrogens is 2. The van der Waals surface area contributed by atoms with E-state index in [1.165, 1.54) is 0 Å². The van der Waals surface area contributed by atoms with Gasteiger partial charge in [-0.15, -0.1) is 0 Å². The number of nitrogens with one attached hydrogen (secondary N) is 1. The number of hydrogen-bond donors (Lipinski definition) is 1. The number of hydrogen-bond acceptors (Lipinski definition) is 3. The van der Waals surface area contributed by atoms with Crippen molar-refractivity contribution in [1.82, 2.24) is 14.9 Å². The fourth-order valence-corrected chi connectivity index (χ4v) is 2.16. The van der Waals surface area contributed by atoms with Crippen LogP contribution in [-0.4, -0.2) is 22.4 Å². The molecule has 1 N–H and O–H groups in total. The Morgan fingerprint density at radius 3 is 2.88 bits per heavy atom. The summed E-state index contributed by atoms with van der Waals surface area (Å²) in [7, 11) is 0. The van der Waals surface area contributed by atoms with Gasteiger partial charge in [0, 0.05) is 18.7 Å². The molecule has 0 unspecified atom stereocenters. The third-order valence-corrected chi connectivity index (χ3v) is 3.08. The maximum Gasteiger partial charge on any atom is 0.150 e. The van der Waals surface area contributed by atoms with E-state index in [-0.39, 0.29) is 0 Å². The van der Waals surface area contributed by atoms with E-state index in [0.717, 1.165) is 43.0 Å². The Bertz CT molecular complexity index is 542. The van der Waals surface area contributed by atoms with Gasteiger partial charge in [0.1, 0.15) is 12.1 Å². The van der Waals surface area contributed by atoms with Crippen LogP contribution < -0.4 is 5.32 Å². The average Bonchev–Trinajstić information content (AvgIpc) is 2.83. The van der Waals surface area contributed by atoms with Gasteiger partial charge >= 0.3 is 0 Å². The Hall–Kier alpha value is -1.94. The molecule has 0 aliphatic carbocycles. The number of rotatable bonds is 2. The monoisotopic (exact) mass is 227 g/mol. The first-order chi connectivity index (χ1) is 8.38. The van der Waals surface area contributed by atoms with Crippen molar-refractivity contribution in [3.8, 4) is 11.3 Å². The van der Waals surface area contributed by atoms with E-state index in [1.807, 2.05) is 30.5 Å². The lowest BCUT2D eigenvalue weighted by molar-refractivity contribution is 0.112. The lowest BCUT2D eigenvalue weighted by Gasteiger charge is -2.17. The van der Waals surface area contributed by atoms with Crippen LogP contribution in [0.15, 0.2) is 30.5 Å². The standard InChI is InChI=1S/C13H13N3O/c17-9-10-1-3-11(4-2-10)12-7-15-13-8-14-5-6-16(12)13/h1-4,7,9,14H,5-6,8H2. The topological polar surface area (TPSA) is 46.9 Å². The van der Waals surface area contributed by atoms with Gasteiger partial charge in [0.2, 0.25) is 0 Å². The van der Waals surface area contributed by atoms with Crippen LogP contribution in [0.2, 0.25) is 0 Å². The summed E-state index contributed by atoms with van der Waals surface area (Å²) in [5.74, 6) is 1.07. The second kappa shape index (κ2) is 4.14. The molecule has 4 heteroatoms. The predicted molar refractivity (Wildman–Crippen MR) is 64.8 cm³/mol. The molecule has 0 spiro atoms. The minimum Gasteiger partial charge on any atom is -0.326 e. The van der Waals surface area contributed by atoms with Crippen molar-refractivity contribution in [2.45, 2.75) is 13.1 Å². The fourth-order valence-electron chi connectivity index (χ4n) is 2.16. The number of benzene rings is 1. The van der Waals surface area contributed by atoms with Gasteiger partial charge in [-0.05, 0) is 5.56 Å². The Kier molecular flexibility index (Phi) is 2.49. The van der Waals surface area contributed by atoms with Gasteiger partial charge in [-0.2, -0.15) is 0 Å². The Morgan fingerprint density at radius 1 is 1.29 bits per heavy atom. The summed E-state index contributed by atoms with van der Waals surface area (Å²) in [6.45, 7) is 2.75. The molecule has 0 atom stereocenters. The Morgan fingerprint density at radius 2 is 2.12 bits per heavy atom. The molecule has 1 aliphatic heterocycles. The zero-order valence-corrected chi connectivity index (χ0v) is 9.39. The average molecular weight is 227 g/mol. The molecule has 0 saturated carbocycles. The molecule has 4 nitrogen and oxygen atoms in total. The van der Waals surface area contributed by atoms with Crippen LogP contribution in [0.25, 0.3) is 11.3 Å². The maximum absolute atomic E-state index is 10.6. The fraction of sp³-hybridized carbons (Fsp3) is 0.231. The molecular weight excluding hydrogens is 214 g/mol. The van der Waals surface area contributed by atoms with E-state index < -0.39 is 0 Å². The summed E-state index contributed by atoms with van der Waals surface area (Å²) in [5, 5.41) is 3.29. The molecule has 0 saturated heterocycles. The number of nitrogens with zero attached hydrogens (tertiary/aromatic N) is 2. The summed E-state index contributed by atoms with van der Waals surface area (Å²) < 4.78 is 2.23. The number of imidazole rings is 1. The van der Waals surface area contributed by atoms with Crippen LogP contribution >= 0.6 is 0 Å². The molecule has 0 radical (unpaired) electrons. The highest BCUT2D eigenvalue weighted by atomic mass is 16.1. The molecule has 0 amide bonds. The minimum absolute atomic E-state index is 0.703. The largest absolute Gasteiger partial charge is 0.326 e. The van der Waals surface area contributed by atoms with Crippen molar-refractivity contribution in [3.63, 3.8) is 0 Å². The van der Waals surface area contributed by atoms with Gasteiger partial charge in [-0.25, -0.2) is 4.98 Å².